The minimum absolute atomic E-state index is 0.294. The van der Waals surface area contributed by atoms with Crippen LogP contribution in [0.4, 0.5) is 34.1 Å². The summed E-state index contributed by atoms with van der Waals surface area (Å²) in [5.41, 5.74) is 45.8. The summed E-state index contributed by atoms with van der Waals surface area (Å²) in [6, 6.07) is 146. The maximum Gasteiger partial charge on any atom is 0.252 e. The van der Waals surface area contributed by atoms with E-state index < -0.39 is 16.2 Å². The lowest BCUT2D eigenvalue weighted by Gasteiger charge is -2.46. The molecule has 0 atom stereocenters. The number of fused-ring (bicyclic) bond motifs is 37. The molecule has 3 heterocycles. The predicted octanol–water partition coefficient (Wildman–Crippen LogP) is 23.6. The first kappa shape index (κ1) is 58.5. The fourth-order valence-corrected chi connectivity index (χ4v) is 22.8. The van der Waals surface area contributed by atoms with Crippen LogP contribution in [0.25, 0.3) is 105 Å². The van der Waals surface area contributed by atoms with Gasteiger partial charge < -0.3 is 14.4 Å². The topological polar surface area (TPSA) is 11.4 Å². The van der Waals surface area contributed by atoms with Crippen molar-refractivity contribution >= 4 is 79.0 Å². The Kier molecular flexibility index (Phi) is 11.2. The van der Waals surface area contributed by atoms with Gasteiger partial charge in [-0.2, -0.15) is 0 Å². The predicted molar refractivity (Wildman–Crippen MR) is 449 cm³/mol. The highest BCUT2D eigenvalue weighted by atomic mass is 15.2. The van der Waals surface area contributed by atoms with Crippen molar-refractivity contribution in [3.8, 4) is 83.6 Å². The fraction of sp³-hybridized carbons (Fsp3) is 0.0286. The number of anilines is 6. The highest BCUT2D eigenvalue weighted by molar-refractivity contribution is 7.00. The molecule has 500 valence electrons. The van der Waals surface area contributed by atoms with Crippen LogP contribution >= 0.6 is 0 Å². The molecule has 0 amide bonds. The molecule has 0 unspecified atom stereocenters. The fourth-order valence-electron chi connectivity index (χ4n) is 22.8. The van der Waals surface area contributed by atoms with Crippen LogP contribution in [-0.4, -0.2) is 11.3 Å². The van der Waals surface area contributed by atoms with Gasteiger partial charge in [0.05, 0.1) is 38.7 Å². The Balaban J connectivity index is 0.849. The van der Waals surface area contributed by atoms with E-state index in [1.807, 2.05) is 0 Å². The van der Waals surface area contributed by atoms with Crippen LogP contribution in [0.2, 0.25) is 0 Å². The number of rotatable bonds is 4. The van der Waals surface area contributed by atoms with Crippen molar-refractivity contribution in [1.29, 1.82) is 0 Å². The monoisotopic (exact) mass is 1380 g/mol. The zero-order valence-electron chi connectivity index (χ0n) is 59.2. The molecule has 3 nitrogen and oxygen atoms in total. The summed E-state index contributed by atoms with van der Waals surface area (Å²) in [6.45, 7) is -0.294. The van der Waals surface area contributed by atoms with Crippen LogP contribution in [0.5, 0.6) is 0 Å². The van der Waals surface area contributed by atoms with Gasteiger partial charge in [0.25, 0.3) is 6.71 Å². The van der Waals surface area contributed by atoms with Gasteiger partial charge in [0.1, 0.15) is 0 Å². The Bertz CT molecular complexity index is 6960. The summed E-state index contributed by atoms with van der Waals surface area (Å²) in [5.74, 6) is 0. The Morgan fingerprint density at radius 1 is 0.202 bits per heavy atom. The van der Waals surface area contributed by atoms with Crippen LogP contribution in [0.1, 0.15) is 66.8 Å². The molecular formula is C105H62BN3. The molecule has 0 radical (unpaired) electrons. The first-order chi connectivity index (χ1) is 54.1. The molecule has 2 aliphatic heterocycles. The summed E-state index contributed by atoms with van der Waals surface area (Å²) in [4.78, 5) is 5.48. The average molecular weight is 1380 g/mol. The summed E-state index contributed by atoms with van der Waals surface area (Å²) >= 11 is 0. The van der Waals surface area contributed by atoms with Crippen molar-refractivity contribution in [2.45, 2.75) is 16.2 Å². The number of para-hydroxylation sites is 2. The summed E-state index contributed by atoms with van der Waals surface area (Å²) in [7, 11) is 0. The zero-order chi connectivity index (χ0) is 70.7. The van der Waals surface area contributed by atoms with E-state index in [4.69, 9.17) is 0 Å². The molecule has 8 aliphatic rings. The van der Waals surface area contributed by atoms with Gasteiger partial charge in [-0.3, -0.25) is 0 Å². The highest BCUT2D eigenvalue weighted by Crippen LogP contribution is 2.69. The maximum absolute atomic E-state index is 2.78. The van der Waals surface area contributed by atoms with E-state index >= 15 is 0 Å². The lowest BCUT2D eigenvalue weighted by molar-refractivity contribution is 0.793. The van der Waals surface area contributed by atoms with Gasteiger partial charge in [0, 0.05) is 44.8 Å². The minimum atomic E-state index is -0.623. The number of aromatic nitrogens is 1. The Morgan fingerprint density at radius 3 is 1.04 bits per heavy atom. The molecule has 26 rings (SSSR count). The van der Waals surface area contributed by atoms with Gasteiger partial charge in [0.15, 0.2) is 0 Å². The second-order valence-corrected chi connectivity index (χ2v) is 31.1. The Morgan fingerprint density at radius 2 is 0.550 bits per heavy atom. The third-order valence-electron chi connectivity index (χ3n) is 26.6. The lowest BCUT2D eigenvalue weighted by atomic mass is 9.33. The van der Waals surface area contributed by atoms with Crippen molar-refractivity contribution < 1.29 is 0 Å². The first-order valence-electron chi connectivity index (χ1n) is 38.4. The van der Waals surface area contributed by atoms with Gasteiger partial charge in [-0.1, -0.05) is 322 Å². The van der Waals surface area contributed by atoms with E-state index in [2.05, 4.69) is 390 Å². The van der Waals surface area contributed by atoms with E-state index in [0.29, 0.717) is 0 Å². The molecule has 0 saturated heterocycles. The van der Waals surface area contributed by atoms with Crippen molar-refractivity contribution in [3.05, 3.63) is 443 Å². The molecule has 0 saturated carbocycles. The molecule has 0 N–H and O–H groups in total. The molecule has 6 aliphatic carbocycles. The third-order valence-corrected chi connectivity index (χ3v) is 26.6. The third kappa shape index (κ3) is 6.96. The molecule has 17 aromatic carbocycles. The molecule has 0 fully saturated rings. The van der Waals surface area contributed by atoms with Gasteiger partial charge in [-0.25, -0.2) is 0 Å². The van der Waals surface area contributed by atoms with Crippen molar-refractivity contribution in [2.24, 2.45) is 0 Å². The molecule has 18 aromatic rings. The average Bonchev–Trinajstić information content (AvgIpc) is 1.53. The summed E-state index contributed by atoms with van der Waals surface area (Å²) in [6.07, 6.45) is 0. The van der Waals surface area contributed by atoms with Gasteiger partial charge in [0.2, 0.25) is 0 Å². The molecule has 0 bridgehead atoms. The summed E-state index contributed by atoms with van der Waals surface area (Å²) < 4.78 is 2.57. The quantitative estimate of drug-likeness (QED) is 0.163. The van der Waals surface area contributed by atoms with Gasteiger partial charge >= 0.3 is 0 Å². The van der Waals surface area contributed by atoms with Crippen LogP contribution < -0.4 is 26.2 Å². The number of hydrogen-bond acceptors (Lipinski definition) is 2. The maximum atomic E-state index is 2.78. The SMILES string of the molecule is c1ccc(-c2ccc(N3c4cc5c(cc4B4c6cc7c(cc6N(c6cccc8c6-c6ccccc6C86c8ccccc8-c8ccccc86)c6cc(-n8c9ccccc9c9ccccc98)cc3c64)-c3ccccc3C73c4ccccc4-c4ccccc43)-c3ccccc3C53c4ccccc4-c4ccccc43)cc2)cc1. The number of nitrogens with zero attached hydrogens (tertiary/aromatic N) is 3. The van der Waals surface area contributed by atoms with E-state index in [0.717, 1.165) is 39.5 Å². The van der Waals surface area contributed by atoms with E-state index in [1.54, 1.807) is 0 Å². The Labute approximate surface area is 631 Å². The molecule has 4 heteroatoms. The van der Waals surface area contributed by atoms with Gasteiger partial charge in [-0.15, -0.1) is 0 Å². The molecule has 109 heavy (non-hydrogen) atoms. The van der Waals surface area contributed by atoms with Crippen LogP contribution in [0.15, 0.2) is 376 Å². The normalized spacial score (nSPS) is 15.0. The number of hydrogen-bond donors (Lipinski definition) is 0. The first-order valence-corrected chi connectivity index (χ1v) is 38.4. The van der Waals surface area contributed by atoms with Crippen LogP contribution in [-0.2, 0) is 16.2 Å². The highest BCUT2D eigenvalue weighted by Gasteiger charge is 2.58. The van der Waals surface area contributed by atoms with Gasteiger partial charge in [-0.05, 0) is 210 Å². The zero-order valence-corrected chi connectivity index (χ0v) is 59.2. The molecule has 1 aromatic heterocycles. The van der Waals surface area contributed by atoms with Crippen molar-refractivity contribution in [3.63, 3.8) is 0 Å². The minimum Gasteiger partial charge on any atom is -0.311 e. The lowest BCUT2D eigenvalue weighted by Crippen LogP contribution is -2.61. The molecular weight excluding hydrogens is 1310 g/mol. The molecule has 3 spiro atoms. The van der Waals surface area contributed by atoms with E-state index in [9.17, 15) is 0 Å². The second kappa shape index (κ2) is 20.8. The van der Waals surface area contributed by atoms with Crippen molar-refractivity contribution in [1.82, 2.24) is 4.57 Å². The van der Waals surface area contributed by atoms with Crippen molar-refractivity contribution in [2.75, 3.05) is 9.80 Å². The standard InChI is InChI=1S/C105H62BN3/c1-2-27-63(28-3-1)64-53-55-65(56-54-64)107-98-62-91-78(73-35-10-21-46-86(73)105(91)84-44-19-8-33-71(84)72-34-9-20-45-85(72)105)59-92(98)106-93-61-90-79(74-36-11-22-47-87(74)104(90)82-42-17-6-31-69(82)70-32-7-18-43-83(70)104)60-97(93)109(100-58-66(57-99(107)102(100)106)108-94-50-24-13-37-75(94)76-38-14-25-51-95(76)108)96-52-26-49-89-101(96)77-39-12-23-48-88(77)103(89)80-40-15-4-29-67(80)68-30-5-16-41-81(68)103/h1-62H. The smallest absolute Gasteiger partial charge is 0.252 e. The van der Waals surface area contributed by atoms with Crippen LogP contribution in [0.3, 0.4) is 0 Å². The summed E-state index contributed by atoms with van der Waals surface area (Å²) in [5, 5.41) is 2.44. The number of benzene rings is 17. The van der Waals surface area contributed by atoms with E-state index in [-0.39, 0.29) is 6.71 Å². The largest absolute Gasteiger partial charge is 0.311 e. The second-order valence-electron chi connectivity index (χ2n) is 31.1. The van der Waals surface area contributed by atoms with Crippen LogP contribution in [0, 0.1) is 0 Å². The Hall–Kier alpha value is -13.8. The van der Waals surface area contributed by atoms with E-state index in [1.165, 1.54) is 183 Å².